The normalized spacial score (nSPS) is 13.5. The molecule has 0 saturated carbocycles. The van der Waals surface area contributed by atoms with Crippen LogP contribution in [0, 0.1) is 5.92 Å². The summed E-state index contributed by atoms with van der Waals surface area (Å²) in [6.45, 7) is 1.63. The lowest BCUT2D eigenvalue weighted by Crippen LogP contribution is -2.49. The second kappa shape index (κ2) is 6.43. The maximum atomic E-state index is 11.8. The van der Waals surface area contributed by atoms with Crippen molar-refractivity contribution < 1.29 is 22.8 Å². The summed E-state index contributed by atoms with van der Waals surface area (Å²) in [6, 6.07) is -0.744. The lowest BCUT2D eigenvalue weighted by atomic mass is 10.0. The highest BCUT2D eigenvalue weighted by molar-refractivity contribution is 5.82. The number of carbonyl (C=O) groups is 2. The summed E-state index contributed by atoms with van der Waals surface area (Å²) in [5, 5.41) is 4.18. The molecular formula is C9H16F3N3O2. The summed E-state index contributed by atoms with van der Waals surface area (Å²) >= 11 is 0. The molecule has 0 bridgehead atoms. The van der Waals surface area contributed by atoms with Crippen LogP contribution in [0.15, 0.2) is 0 Å². The second-order valence-corrected chi connectivity index (χ2v) is 3.90. The van der Waals surface area contributed by atoms with E-state index in [1.807, 2.05) is 0 Å². The summed E-state index contributed by atoms with van der Waals surface area (Å²) in [7, 11) is 0. The van der Waals surface area contributed by atoms with E-state index in [-0.39, 0.29) is 12.5 Å². The molecule has 2 amide bonds. The zero-order valence-corrected chi connectivity index (χ0v) is 9.60. The summed E-state index contributed by atoms with van der Waals surface area (Å²) in [6.07, 6.45) is -4.45. The molecule has 4 N–H and O–H groups in total. The fourth-order valence-corrected chi connectivity index (χ4v) is 1.13. The van der Waals surface area contributed by atoms with Crippen LogP contribution in [0.25, 0.3) is 0 Å². The third-order valence-corrected chi connectivity index (χ3v) is 1.94. The topological polar surface area (TPSA) is 84.2 Å². The van der Waals surface area contributed by atoms with Crippen molar-refractivity contribution in [1.29, 1.82) is 0 Å². The number of rotatable bonds is 6. The van der Waals surface area contributed by atoms with E-state index in [4.69, 9.17) is 5.73 Å². The van der Waals surface area contributed by atoms with E-state index >= 15 is 0 Å². The van der Waals surface area contributed by atoms with Gasteiger partial charge >= 0.3 is 6.18 Å². The van der Waals surface area contributed by atoms with E-state index in [1.54, 1.807) is 19.2 Å². The first-order valence-electron chi connectivity index (χ1n) is 4.99. The third-order valence-electron chi connectivity index (χ3n) is 1.94. The minimum absolute atomic E-state index is 0.150. The predicted molar refractivity (Wildman–Crippen MR) is 54.9 cm³/mol. The molecular weight excluding hydrogens is 239 g/mol. The highest BCUT2D eigenvalue weighted by Gasteiger charge is 2.28. The van der Waals surface area contributed by atoms with Crippen LogP contribution < -0.4 is 16.4 Å². The van der Waals surface area contributed by atoms with Crippen LogP contribution in [0.2, 0.25) is 0 Å². The predicted octanol–water partition coefficient (Wildman–Crippen LogP) is -0.236. The van der Waals surface area contributed by atoms with Gasteiger partial charge in [-0.15, -0.1) is 0 Å². The van der Waals surface area contributed by atoms with E-state index in [2.05, 4.69) is 5.32 Å². The number of nitrogens with one attached hydrogen (secondary N) is 2. The van der Waals surface area contributed by atoms with Crippen molar-refractivity contribution in [3.63, 3.8) is 0 Å². The van der Waals surface area contributed by atoms with E-state index in [9.17, 15) is 22.8 Å². The highest BCUT2D eigenvalue weighted by Crippen LogP contribution is 2.11. The molecule has 0 aromatic rings. The van der Waals surface area contributed by atoms with Gasteiger partial charge in [-0.25, -0.2) is 0 Å². The molecule has 100 valence electrons. The van der Waals surface area contributed by atoms with Crippen molar-refractivity contribution in [3.05, 3.63) is 0 Å². The number of amides is 2. The molecule has 0 fully saturated rings. The van der Waals surface area contributed by atoms with Gasteiger partial charge in [0, 0.05) is 0 Å². The quantitative estimate of drug-likeness (QED) is 0.612. The van der Waals surface area contributed by atoms with Gasteiger partial charge in [-0.3, -0.25) is 14.9 Å². The van der Waals surface area contributed by atoms with Gasteiger partial charge in [0.1, 0.15) is 6.54 Å². The molecule has 0 aliphatic heterocycles. The van der Waals surface area contributed by atoms with Crippen LogP contribution in [-0.4, -0.2) is 37.1 Å². The summed E-state index contributed by atoms with van der Waals surface area (Å²) in [4.78, 5) is 21.9. The molecule has 0 saturated heterocycles. The lowest BCUT2D eigenvalue weighted by Gasteiger charge is -2.18. The summed E-state index contributed by atoms with van der Waals surface area (Å²) < 4.78 is 35.3. The Balaban J connectivity index is 4.02. The third kappa shape index (κ3) is 7.56. The molecule has 0 rings (SSSR count). The number of hydrogen-bond acceptors (Lipinski definition) is 3. The Morgan fingerprint density at radius 1 is 1.29 bits per heavy atom. The first kappa shape index (κ1) is 15.7. The molecule has 5 nitrogen and oxygen atoms in total. The van der Waals surface area contributed by atoms with Crippen molar-refractivity contribution in [2.45, 2.75) is 26.1 Å². The largest absolute Gasteiger partial charge is 0.405 e. The molecule has 0 radical (unpaired) electrons. The fourth-order valence-electron chi connectivity index (χ4n) is 1.13. The van der Waals surface area contributed by atoms with Gasteiger partial charge in [0.15, 0.2) is 0 Å². The van der Waals surface area contributed by atoms with Crippen molar-refractivity contribution in [2.75, 3.05) is 13.1 Å². The van der Waals surface area contributed by atoms with Crippen LogP contribution in [0.1, 0.15) is 13.8 Å². The van der Waals surface area contributed by atoms with Gasteiger partial charge in [-0.1, -0.05) is 13.8 Å². The molecule has 0 aliphatic carbocycles. The Hall–Kier alpha value is -1.31. The van der Waals surface area contributed by atoms with Crippen LogP contribution in [0.3, 0.4) is 0 Å². The molecule has 8 heteroatoms. The average Bonchev–Trinajstić information content (AvgIpc) is 2.12. The maximum absolute atomic E-state index is 11.8. The van der Waals surface area contributed by atoms with Crippen molar-refractivity contribution in [2.24, 2.45) is 11.7 Å². The van der Waals surface area contributed by atoms with Crippen molar-refractivity contribution in [3.8, 4) is 0 Å². The van der Waals surface area contributed by atoms with Crippen LogP contribution in [0.5, 0.6) is 0 Å². The standard InChI is InChI=1S/C9H16F3N3O2/c1-5(2)7(8(13)17)14-3-6(16)15-4-9(10,11)12/h5,7,14H,3-4H2,1-2H3,(H2,13,17)(H,15,16). The van der Waals surface area contributed by atoms with E-state index in [1.165, 1.54) is 0 Å². The number of primary amides is 1. The zero-order chi connectivity index (χ0) is 13.6. The number of alkyl halides is 3. The Bertz CT molecular complexity index is 279. The zero-order valence-electron chi connectivity index (χ0n) is 9.60. The number of halogens is 3. The van der Waals surface area contributed by atoms with E-state index < -0.39 is 30.6 Å². The van der Waals surface area contributed by atoms with Gasteiger partial charge in [0.05, 0.1) is 12.6 Å². The minimum Gasteiger partial charge on any atom is -0.368 e. The number of carbonyl (C=O) groups excluding carboxylic acids is 2. The van der Waals surface area contributed by atoms with Crippen LogP contribution in [-0.2, 0) is 9.59 Å². The van der Waals surface area contributed by atoms with E-state index in [0.717, 1.165) is 0 Å². The molecule has 1 unspecified atom stereocenters. The average molecular weight is 255 g/mol. The maximum Gasteiger partial charge on any atom is 0.405 e. The highest BCUT2D eigenvalue weighted by atomic mass is 19.4. The van der Waals surface area contributed by atoms with Gasteiger partial charge in [0.2, 0.25) is 11.8 Å². The van der Waals surface area contributed by atoms with Gasteiger partial charge in [-0.05, 0) is 5.92 Å². The summed E-state index contributed by atoms with van der Waals surface area (Å²) in [5.41, 5.74) is 5.05. The van der Waals surface area contributed by atoms with Gasteiger partial charge in [-0.2, -0.15) is 13.2 Å². The molecule has 17 heavy (non-hydrogen) atoms. The van der Waals surface area contributed by atoms with Crippen LogP contribution in [0.4, 0.5) is 13.2 Å². The molecule has 1 atom stereocenters. The second-order valence-electron chi connectivity index (χ2n) is 3.90. The lowest BCUT2D eigenvalue weighted by molar-refractivity contribution is -0.138. The Morgan fingerprint density at radius 2 is 1.82 bits per heavy atom. The number of hydrogen-bond donors (Lipinski definition) is 3. The Kier molecular flexibility index (Phi) is 5.94. The molecule has 0 heterocycles. The van der Waals surface area contributed by atoms with Crippen molar-refractivity contribution in [1.82, 2.24) is 10.6 Å². The smallest absolute Gasteiger partial charge is 0.368 e. The summed E-state index contributed by atoms with van der Waals surface area (Å²) in [5.74, 6) is -1.64. The monoisotopic (exact) mass is 255 g/mol. The molecule has 0 aromatic carbocycles. The van der Waals surface area contributed by atoms with Gasteiger partial charge in [0.25, 0.3) is 0 Å². The first-order chi connectivity index (χ1) is 7.63. The fraction of sp³-hybridized carbons (Fsp3) is 0.778. The molecule has 0 aromatic heterocycles. The minimum atomic E-state index is -4.45. The van der Waals surface area contributed by atoms with Crippen molar-refractivity contribution >= 4 is 11.8 Å². The molecule has 0 aliphatic rings. The van der Waals surface area contributed by atoms with Crippen LogP contribution >= 0.6 is 0 Å². The number of nitrogens with two attached hydrogens (primary N) is 1. The SMILES string of the molecule is CC(C)C(NCC(=O)NCC(F)(F)F)C(N)=O. The van der Waals surface area contributed by atoms with Gasteiger partial charge < -0.3 is 11.1 Å². The Morgan fingerprint density at radius 3 is 2.18 bits per heavy atom. The molecule has 0 spiro atoms. The first-order valence-corrected chi connectivity index (χ1v) is 4.99. The van der Waals surface area contributed by atoms with E-state index in [0.29, 0.717) is 0 Å². The Labute approximate surface area is 96.9 Å².